The molecule has 2 aromatic carbocycles. The first-order chi connectivity index (χ1) is 10.1. The second kappa shape index (κ2) is 5.13. The van der Waals surface area contributed by atoms with Gasteiger partial charge in [-0.1, -0.05) is 18.2 Å². The Morgan fingerprint density at radius 1 is 1.05 bits per heavy atom. The fraction of sp³-hybridized carbons (Fsp3) is 0. The lowest BCUT2D eigenvalue weighted by molar-refractivity contribution is 0.459. The van der Waals surface area contributed by atoms with Crippen LogP contribution < -0.4 is 5.63 Å². The van der Waals surface area contributed by atoms with Gasteiger partial charge in [-0.2, -0.15) is 0 Å². The van der Waals surface area contributed by atoms with Gasteiger partial charge < -0.3 is 14.6 Å². The van der Waals surface area contributed by atoms with Gasteiger partial charge in [0.15, 0.2) is 0 Å². The summed E-state index contributed by atoms with van der Waals surface area (Å²) in [6.07, 6.45) is 1.30. The molecule has 3 rings (SSSR count). The highest BCUT2D eigenvalue weighted by Gasteiger charge is 2.04. The minimum Gasteiger partial charge on any atom is -0.508 e. The van der Waals surface area contributed by atoms with E-state index in [1.54, 1.807) is 18.2 Å². The first kappa shape index (κ1) is 12.9. The summed E-state index contributed by atoms with van der Waals surface area (Å²) in [4.78, 5) is 15.8. The summed E-state index contributed by atoms with van der Waals surface area (Å²) in [6, 6.07) is 12.8. The first-order valence-electron chi connectivity index (χ1n) is 6.22. The van der Waals surface area contributed by atoms with Gasteiger partial charge in [-0.3, -0.25) is 0 Å². The monoisotopic (exact) mass is 281 g/mol. The molecule has 0 bridgehead atoms. The Morgan fingerprint density at radius 2 is 1.86 bits per heavy atom. The Kier molecular flexibility index (Phi) is 3.16. The molecule has 0 fully saturated rings. The number of aromatic hydroxyl groups is 2. The minimum atomic E-state index is -0.565. The Morgan fingerprint density at radius 3 is 2.71 bits per heavy atom. The van der Waals surface area contributed by atoms with Crippen LogP contribution in [0.15, 0.2) is 62.7 Å². The van der Waals surface area contributed by atoms with E-state index >= 15 is 0 Å². The van der Waals surface area contributed by atoms with Gasteiger partial charge in [-0.25, -0.2) is 9.79 Å². The zero-order valence-electron chi connectivity index (χ0n) is 10.9. The maximum absolute atomic E-state index is 11.8. The molecule has 0 radical (unpaired) electrons. The predicted octanol–water partition coefficient (Wildman–Crippen LogP) is 2.95. The zero-order chi connectivity index (χ0) is 14.8. The first-order valence-corrected chi connectivity index (χ1v) is 6.22. The molecule has 2 N–H and O–H groups in total. The van der Waals surface area contributed by atoms with Crippen molar-refractivity contribution in [2.45, 2.75) is 0 Å². The van der Waals surface area contributed by atoms with Gasteiger partial charge in [-0.15, -0.1) is 0 Å². The van der Waals surface area contributed by atoms with E-state index in [0.717, 1.165) is 5.39 Å². The number of aliphatic imine (C=N–C) groups is 1. The van der Waals surface area contributed by atoms with Crippen molar-refractivity contribution in [3.05, 3.63) is 64.5 Å². The third kappa shape index (κ3) is 2.62. The molecule has 0 aliphatic heterocycles. The van der Waals surface area contributed by atoms with Gasteiger partial charge in [0.25, 0.3) is 0 Å². The number of phenolic OH excluding ortho intramolecular Hbond substituents is 2. The smallest absolute Gasteiger partial charge is 0.362 e. The third-order valence-corrected chi connectivity index (χ3v) is 2.98. The molecule has 0 atom stereocenters. The molecular formula is C16H11NO4. The van der Waals surface area contributed by atoms with Crippen molar-refractivity contribution in [2.75, 3.05) is 0 Å². The average molecular weight is 281 g/mol. The number of rotatable bonds is 2. The molecule has 0 aliphatic rings. The second-order valence-corrected chi connectivity index (χ2v) is 4.46. The van der Waals surface area contributed by atoms with Crippen LogP contribution in [-0.4, -0.2) is 16.4 Å². The topological polar surface area (TPSA) is 83.0 Å². The van der Waals surface area contributed by atoms with Crippen LogP contribution in [0.4, 0.5) is 5.69 Å². The maximum Gasteiger partial charge on any atom is 0.362 e. The van der Waals surface area contributed by atoms with Crippen LogP contribution in [0.2, 0.25) is 0 Å². The van der Waals surface area contributed by atoms with Crippen molar-refractivity contribution in [1.82, 2.24) is 0 Å². The van der Waals surface area contributed by atoms with E-state index in [-0.39, 0.29) is 17.2 Å². The number of hydrogen-bond donors (Lipinski definition) is 2. The van der Waals surface area contributed by atoms with Gasteiger partial charge in [-0.05, 0) is 30.3 Å². The molecule has 0 aliphatic carbocycles. The maximum atomic E-state index is 11.8. The molecule has 3 aromatic rings. The molecule has 21 heavy (non-hydrogen) atoms. The van der Waals surface area contributed by atoms with E-state index < -0.39 is 5.63 Å². The van der Waals surface area contributed by atoms with Crippen LogP contribution >= 0.6 is 0 Å². The number of fused-ring (bicyclic) bond motifs is 1. The van der Waals surface area contributed by atoms with Gasteiger partial charge in [0.1, 0.15) is 22.8 Å². The molecule has 104 valence electrons. The molecule has 0 saturated heterocycles. The van der Waals surface area contributed by atoms with Gasteiger partial charge in [0, 0.05) is 17.2 Å². The molecule has 1 aromatic heterocycles. The highest BCUT2D eigenvalue weighted by Crippen LogP contribution is 2.22. The molecular weight excluding hydrogens is 270 g/mol. The Bertz CT molecular complexity index is 896. The highest BCUT2D eigenvalue weighted by atomic mass is 16.4. The summed E-state index contributed by atoms with van der Waals surface area (Å²) in [5, 5.41) is 19.8. The van der Waals surface area contributed by atoms with Crippen LogP contribution in [-0.2, 0) is 0 Å². The van der Waals surface area contributed by atoms with Crippen LogP contribution in [0.25, 0.3) is 11.0 Å². The zero-order valence-corrected chi connectivity index (χ0v) is 10.9. The summed E-state index contributed by atoms with van der Waals surface area (Å²) < 4.78 is 5.15. The average Bonchev–Trinajstić information content (AvgIpc) is 2.48. The van der Waals surface area contributed by atoms with Crippen molar-refractivity contribution in [3.8, 4) is 11.5 Å². The van der Waals surface area contributed by atoms with Crippen molar-refractivity contribution < 1.29 is 14.6 Å². The number of phenols is 2. The van der Waals surface area contributed by atoms with E-state index in [0.29, 0.717) is 11.1 Å². The van der Waals surface area contributed by atoms with Crippen molar-refractivity contribution >= 4 is 22.9 Å². The largest absolute Gasteiger partial charge is 0.508 e. The summed E-state index contributed by atoms with van der Waals surface area (Å²) >= 11 is 0. The summed E-state index contributed by atoms with van der Waals surface area (Å²) in [6.45, 7) is 0. The molecule has 0 amide bonds. The van der Waals surface area contributed by atoms with E-state index in [9.17, 15) is 15.0 Å². The van der Waals surface area contributed by atoms with Crippen LogP contribution in [0.1, 0.15) is 5.56 Å². The number of benzene rings is 2. The van der Waals surface area contributed by atoms with E-state index in [1.807, 2.05) is 12.1 Å². The fourth-order valence-corrected chi connectivity index (χ4v) is 1.93. The predicted molar refractivity (Wildman–Crippen MR) is 79.5 cm³/mol. The fourth-order valence-electron chi connectivity index (χ4n) is 1.93. The summed E-state index contributed by atoms with van der Waals surface area (Å²) in [5.74, 6) is -0.0403. The van der Waals surface area contributed by atoms with Crippen molar-refractivity contribution in [2.24, 2.45) is 4.99 Å². The quantitative estimate of drug-likeness (QED) is 0.430. The standard InChI is InChI=1S/C16H11NO4/c18-12-5-6-14(19)11(7-12)9-17-13-8-10-3-1-2-4-15(10)21-16(13)20/h1-9,18-19H. The van der Waals surface area contributed by atoms with Crippen LogP contribution in [0.3, 0.4) is 0 Å². The van der Waals surface area contributed by atoms with Crippen LogP contribution in [0, 0.1) is 0 Å². The van der Waals surface area contributed by atoms with E-state index in [2.05, 4.69) is 4.99 Å². The molecule has 0 saturated carbocycles. The molecule has 5 heteroatoms. The lowest BCUT2D eigenvalue weighted by atomic mass is 10.2. The third-order valence-electron chi connectivity index (χ3n) is 2.98. The normalized spacial score (nSPS) is 11.2. The van der Waals surface area contributed by atoms with Gasteiger partial charge in [0.05, 0.1) is 0 Å². The molecule has 0 unspecified atom stereocenters. The van der Waals surface area contributed by atoms with E-state index in [1.165, 1.54) is 24.4 Å². The van der Waals surface area contributed by atoms with Gasteiger partial charge >= 0.3 is 5.63 Å². The number of hydrogen-bond acceptors (Lipinski definition) is 5. The van der Waals surface area contributed by atoms with Crippen molar-refractivity contribution in [1.29, 1.82) is 0 Å². The Hall–Kier alpha value is -3.08. The summed E-state index contributed by atoms with van der Waals surface area (Å²) in [7, 11) is 0. The number of nitrogens with zero attached hydrogens (tertiary/aromatic N) is 1. The van der Waals surface area contributed by atoms with Gasteiger partial charge in [0.2, 0.25) is 0 Å². The molecule has 5 nitrogen and oxygen atoms in total. The highest BCUT2D eigenvalue weighted by molar-refractivity contribution is 5.87. The second-order valence-electron chi connectivity index (χ2n) is 4.46. The van der Waals surface area contributed by atoms with Crippen molar-refractivity contribution in [3.63, 3.8) is 0 Å². The van der Waals surface area contributed by atoms with Crippen LogP contribution in [0.5, 0.6) is 11.5 Å². The molecule has 1 heterocycles. The van der Waals surface area contributed by atoms with E-state index in [4.69, 9.17) is 4.42 Å². The summed E-state index contributed by atoms with van der Waals surface area (Å²) in [5.41, 5.74) is 0.352. The lowest BCUT2D eigenvalue weighted by Crippen LogP contribution is -1.98. The Labute approximate surface area is 119 Å². The Balaban J connectivity index is 2.05. The SMILES string of the molecule is O=c1oc2ccccc2cc1N=Cc1cc(O)ccc1O. The number of para-hydroxylation sites is 1. The minimum absolute atomic E-state index is 0.000189. The lowest BCUT2D eigenvalue weighted by Gasteiger charge is -2.00. The molecule has 0 spiro atoms.